The van der Waals surface area contributed by atoms with Crippen molar-refractivity contribution in [2.45, 2.75) is 18.7 Å². The molecule has 0 aromatic heterocycles. The summed E-state index contributed by atoms with van der Waals surface area (Å²) in [7, 11) is 1.21. The summed E-state index contributed by atoms with van der Waals surface area (Å²) in [4.78, 5) is 37.9. The summed E-state index contributed by atoms with van der Waals surface area (Å²) in [5.74, 6) is -1.59. The number of amides is 1. The van der Waals surface area contributed by atoms with Crippen LogP contribution in [0.5, 0.6) is 0 Å². The Balaban J connectivity index is 1.74. The van der Waals surface area contributed by atoms with E-state index >= 15 is 0 Å². The number of nitrogens with zero attached hydrogens (tertiary/aromatic N) is 1. The van der Waals surface area contributed by atoms with E-state index in [1.165, 1.54) is 7.11 Å². The number of hydrogen-bond donors (Lipinski definition) is 0. The molecular formula is C16H17NO6. The summed E-state index contributed by atoms with van der Waals surface area (Å²) >= 11 is 0. The monoisotopic (exact) mass is 319 g/mol. The number of likely N-dealkylation sites (tertiary alicyclic amines) is 1. The smallest absolute Gasteiger partial charge is 0.410 e. The highest BCUT2D eigenvalue weighted by Crippen LogP contribution is 2.33. The van der Waals surface area contributed by atoms with Crippen LogP contribution in [-0.2, 0) is 30.4 Å². The average Bonchev–Trinajstić information content (AvgIpc) is 3.15. The average molecular weight is 319 g/mol. The number of carbonyl (C=O) groups excluding carboxylic acids is 3. The SMILES string of the molecule is COC(=O)N1C(C(=O)OCc2ccccc2)C(=O)[C@H]2COC[C@H]21. The third-order valence-electron chi connectivity index (χ3n) is 4.15. The number of methoxy groups -OCH3 is 1. The molecule has 7 heteroatoms. The molecule has 2 saturated heterocycles. The topological polar surface area (TPSA) is 82.1 Å². The van der Waals surface area contributed by atoms with Gasteiger partial charge in [-0.25, -0.2) is 9.59 Å². The van der Waals surface area contributed by atoms with Crippen molar-refractivity contribution >= 4 is 17.8 Å². The zero-order valence-electron chi connectivity index (χ0n) is 12.6. The minimum Gasteiger partial charge on any atom is -0.459 e. The van der Waals surface area contributed by atoms with Crippen LogP contribution in [0, 0.1) is 5.92 Å². The second-order valence-electron chi connectivity index (χ2n) is 5.49. The molecule has 0 radical (unpaired) electrons. The van der Waals surface area contributed by atoms with Crippen LogP contribution in [-0.4, -0.2) is 55.2 Å². The number of hydrogen-bond acceptors (Lipinski definition) is 6. The Hall–Kier alpha value is -2.41. The van der Waals surface area contributed by atoms with Gasteiger partial charge >= 0.3 is 12.1 Å². The lowest BCUT2D eigenvalue weighted by molar-refractivity contribution is -0.153. The summed E-state index contributed by atoms with van der Waals surface area (Å²) < 4.78 is 15.2. The first-order valence-corrected chi connectivity index (χ1v) is 7.31. The van der Waals surface area contributed by atoms with Crippen molar-refractivity contribution in [2.24, 2.45) is 5.92 Å². The minimum absolute atomic E-state index is 0.0459. The maximum absolute atomic E-state index is 12.4. The molecule has 0 spiro atoms. The second kappa shape index (κ2) is 6.37. The van der Waals surface area contributed by atoms with E-state index in [0.717, 1.165) is 10.5 Å². The maximum Gasteiger partial charge on any atom is 0.410 e. The van der Waals surface area contributed by atoms with Crippen LogP contribution in [0.2, 0.25) is 0 Å². The number of ketones is 1. The van der Waals surface area contributed by atoms with Crippen LogP contribution < -0.4 is 0 Å². The molecule has 3 rings (SSSR count). The van der Waals surface area contributed by atoms with Crippen molar-refractivity contribution in [1.29, 1.82) is 0 Å². The number of fused-ring (bicyclic) bond motifs is 1. The van der Waals surface area contributed by atoms with Gasteiger partial charge in [-0.05, 0) is 5.56 Å². The first-order chi connectivity index (χ1) is 11.1. The molecule has 0 N–H and O–H groups in total. The summed E-state index contributed by atoms with van der Waals surface area (Å²) in [6.45, 7) is 0.470. The molecule has 2 aliphatic rings. The number of rotatable bonds is 3. The molecule has 0 saturated carbocycles. The fraction of sp³-hybridized carbons (Fsp3) is 0.438. The highest BCUT2D eigenvalue weighted by atomic mass is 16.6. The van der Waals surface area contributed by atoms with Crippen molar-refractivity contribution in [3.8, 4) is 0 Å². The summed E-state index contributed by atoms with van der Waals surface area (Å²) in [5, 5.41) is 0. The molecule has 2 aliphatic heterocycles. The predicted molar refractivity (Wildman–Crippen MR) is 77.4 cm³/mol. The predicted octanol–water partition coefficient (Wildman–Crippen LogP) is 0.764. The summed E-state index contributed by atoms with van der Waals surface area (Å²) in [6.07, 6.45) is -0.724. The Morgan fingerprint density at radius 1 is 1.26 bits per heavy atom. The number of carbonyl (C=O) groups is 3. The number of Topliss-reactive ketones (excluding diaryl/α,β-unsaturated/α-hetero) is 1. The van der Waals surface area contributed by atoms with E-state index in [4.69, 9.17) is 14.2 Å². The lowest BCUT2D eigenvalue weighted by Crippen LogP contribution is -2.48. The van der Waals surface area contributed by atoms with Gasteiger partial charge in [-0.15, -0.1) is 0 Å². The quantitative estimate of drug-likeness (QED) is 0.604. The molecule has 7 nitrogen and oxygen atoms in total. The Kier molecular flexibility index (Phi) is 4.29. The third-order valence-corrected chi connectivity index (χ3v) is 4.15. The van der Waals surface area contributed by atoms with E-state index in [-0.39, 0.29) is 25.6 Å². The standard InChI is InChI=1S/C16H17NO6/c1-21-16(20)17-12-9-22-8-11(12)14(18)13(17)15(19)23-7-10-5-3-2-4-6-10/h2-6,11-13H,7-9H2,1H3/t11-,12+,13?/m0/s1. The number of esters is 1. The molecule has 2 fully saturated rings. The van der Waals surface area contributed by atoms with Crippen LogP contribution in [0.25, 0.3) is 0 Å². The fourth-order valence-corrected chi connectivity index (χ4v) is 3.00. The van der Waals surface area contributed by atoms with Crippen molar-refractivity contribution in [3.05, 3.63) is 35.9 Å². The molecule has 122 valence electrons. The molecule has 2 heterocycles. The van der Waals surface area contributed by atoms with E-state index in [1.807, 2.05) is 30.3 Å². The molecule has 0 bridgehead atoms. The van der Waals surface area contributed by atoms with Crippen molar-refractivity contribution in [3.63, 3.8) is 0 Å². The minimum atomic E-state index is -1.26. The van der Waals surface area contributed by atoms with E-state index in [9.17, 15) is 14.4 Å². The molecule has 0 aliphatic carbocycles. The van der Waals surface area contributed by atoms with Gasteiger partial charge in [0.15, 0.2) is 11.8 Å². The van der Waals surface area contributed by atoms with Crippen molar-refractivity contribution in [2.75, 3.05) is 20.3 Å². The summed E-state index contributed by atoms with van der Waals surface area (Å²) in [5.41, 5.74) is 0.805. The second-order valence-corrected chi connectivity index (χ2v) is 5.49. The summed E-state index contributed by atoms with van der Waals surface area (Å²) in [6, 6.07) is 7.40. The van der Waals surface area contributed by atoms with Crippen molar-refractivity contribution in [1.82, 2.24) is 4.90 Å². The Morgan fingerprint density at radius 2 is 2.00 bits per heavy atom. The Morgan fingerprint density at radius 3 is 2.70 bits per heavy atom. The van der Waals surface area contributed by atoms with E-state index < -0.39 is 30.1 Å². The number of ether oxygens (including phenoxy) is 3. The van der Waals surface area contributed by atoms with Gasteiger partial charge in [0.1, 0.15) is 6.61 Å². The molecule has 1 aromatic rings. The third kappa shape index (κ3) is 2.79. The van der Waals surface area contributed by atoms with Crippen LogP contribution in [0.4, 0.5) is 4.79 Å². The first-order valence-electron chi connectivity index (χ1n) is 7.31. The Bertz CT molecular complexity index is 616. The molecule has 1 amide bonds. The Labute approximate surface area is 133 Å². The fourth-order valence-electron chi connectivity index (χ4n) is 3.00. The largest absolute Gasteiger partial charge is 0.459 e. The molecule has 1 aromatic carbocycles. The molecule has 3 atom stereocenters. The van der Waals surface area contributed by atoms with E-state index in [2.05, 4.69) is 0 Å². The molecular weight excluding hydrogens is 302 g/mol. The van der Waals surface area contributed by atoms with Gasteiger partial charge in [-0.2, -0.15) is 0 Å². The van der Waals surface area contributed by atoms with E-state index in [0.29, 0.717) is 0 Å². The highest BCUT2D eigenvalue weighted by Gasteiger charge is 2.57. The van der Waals surface area contributed by atoms with Gasteiger partial charge in [0.05, 0.1) is 32.3 Å². The lowest BCUT2D eigenvalue weighted by Gasteiger charge is -2.25. The van der Waals surface area contributed by atoms with Crippen LogP contribution in [0.1, 0.15) is 5.56 Å². The zero-order valence-corrected chi connectivity index (χ0v) is 12.6. The van der Waals surface area contributed by atoms with Gasteiger partial charge in [-0.1, -0.05) is 30.3 Å². The van der Waals surface area contributed by atoms with Crippen LogP contribution in [0.15, 0.2) is 30.3 Å². The van der Waals surface area contributed by atoms with Gasteiger partial charge < -0.3 is 14.2 Å². The number of benzene rings is 1. The van der Waals surface area contributed by atoms with E-state index in [1.54, 1.807) is 0 Å². The van der Waals surface area contributed by atoms with Crippen LogP contribution >= 0.6 is 0 Å². The van der Waals surface area contributed by atoms with Gasteiger partial charge in [0.2, 0.25) is 0 Å². The van der Waals surface area contributed by atoms with Gasteiger partial charge in [0, 0.05) is 0 Å². The maximum atomic E-state index is 12.4. The molecule has 1 unspecified atom stereocenters. The zero-order chi connectivity index (χ0) is 16.4. The van der Waals surface area contributed by atoms with Gasteiger partial charge in [0.25, 0.3) is 0 Å². The highest BCUT2D eigenvalue weighted by molar-refractivity contribution is 6.09. The first kappa shape index (κ1) is 15.5. The van der Waals surface area contributed by atoms with Crippen molar-refractivity contribution < 1.29 is 28.6 Å². The molecule has 23 heavy (non-hydrogen) atoms. The van der Waals surface area contributed by atoms with Gasteiger partial charge in [-0.3, -0.25) is 9.69 Å². The normalized spacial score (nSPS) is 26.0. The van der Waals surface area contributed by atoms with Crippen LogP contribution in [0.3, 0.4) is 0 Å². The lowest BCUT2D eigenvalue weighted by atomic mass is 10.0.